The van der Waals surface area contributed by atoms with E-state index in [1.165, 1.54) is 0 Å². The SMILES string of the molecule is CC1OCCC1C(=O)NC(CO)CO. The largest absolute Gasteiger partial charge is 0.394 e. The van der Waals surface area contributed by atoms with Crippen molar-refractivity contribution in [1.29, 1.82) is 0 Å². The molecule has 82 valence electrons. The Hall–Kier alpha value is -0.650. The Kier molecular flexibility index (Phi) is 4.31. The molecule has 1 aliphatic rings. The number of aliphatic hydroxyl groups is 2. The molecule has 0 aliphatic carbocycles. The minimum atomic E-state index is -0.560. The Labute approximate surface area is 83.1 Å². The van der Waals surface area contributed by atoms with Crippen LogP contribution in [0.15, 0.2) is 0 Å². The van der Waals surface area contributed by atoms with Crippen LogP contribution in [0.3, 0.4) is 0 Å². The molecule has 1 fully saturated rings. The van der Waals surface area contributed by atoms with E-state index in [0.717, 1.165) is 0 Å². The van der Waals surface area contributed by atoms with E-state index in [4.69, 9.17) is 14.9 Å². The summed E-state index contributed by atoms with van der Waals surface area (Å²) in [5.74, 6) is -0.307. The van der Waals surface area contributed by atoms with Crippen LogP contribution in [0.25, 0.3) is 0 Å². The van der Waals surface area contributed by atoms with E-state index in [9.17, 15) is 4.79 Å². The summed E-state index contributed by atoms with van der Waals surface area (Å²) in [6.45, 7) is 1.96. The van der Waals surface area contributed by atoms with Crippen LogP contribution in [-0.4, -0.2) is 48.1 Å². The molecule has 0 saturated carbocycles. The smallest absolute Gasteiger partial charge is 0.226 e. The van der Waals surface area contributed by atoms with Gasteiger partial charge in [-0.2, -0.15) is 0 Å². The highest BCUT2D eigenvalue weighted by atomic mass is 16.5. The lowest BCUT2D eigenvalue weighted by Crippen LogP contribution is -2.44. The highest BCUT2D eigenvalue weighted by molar-refractivity contribution is 5.79. The molecule has 2 unspecified atom stereocenters. The van der Waals surface area contributed by atoms with Gasteiger partial charge in [0.2, 0.25) is 5.91 Å². The minimum Gasteiger partial charge on any atom is -0.394 e. The van der Waals surface area contributed by atoms with Crippen LogP contribution >= 0.6 is 0 Å². The quantitative estimate of drug-likeness (QED) is 0.541. The van der Waals surface area contributed by atoms with Gasteiger partial charge in [0, 0.05) is 6.61 Å². The van der Waals surface area contributed by atoms with Gasteiger partial charge in [-0.3, -0.25) is 4.79 Å². The van der Waals surface area contributed by atoms with E-state index in [2.05, 4.69) is 5.32 Å². The molecule has 3 N–H and O–H groups in total. The molecule has 0 radical (unpaired) electrons. The first-order valence-electron chi connectivity index (χ1n) is 4.82. The Morgan fingerprint density at radius 3 is 2.64 bits per heavy atom. The Bertz CT molecular complexity index is 193. The van der Waals surface area contributed by atoms with Gasteiger partial charge in [-0.15, -0.1) is 0 Å². The van der Waals surface area contributed by atoms with Gasteiger partial charge in [-0.1, -0.05) is 0 Å². The summed E-state index contributed by atoms with van der Waals surface area (Å²) >= 11 is 0. The first-order chi connectivity index (χ1) is 6.69. The standard InChI is InChI=1S/C9H17NO4/c1-6-8(2-3-14-6)9(13)10-7(4-11)5-12/h6-8,11-12H,2-5H2,1H3,(H,10,13). The van der Waals surface area contributed by atoms with Crippen molar-refractivity contribution >= 4 is 5.91 Å². The summed E-state index contributed by atoms with van der Waals surface area (Å²) in [7, 11) is 0. The molecule has 1 saturated heterocycles. The van der Waals surface area contributed by atoms with E-state index in [1.807, 2.05) is 6.92 Å². The summed E-state index contributed by atoms with van der Waals surface area (Å²) in [5.41, 5.74) is 0. The second kappa shape index (κ2) is 5.29. The van der Waals surface area contributed by atoms with E-state index < -0.39 is 6.04 Å². The molecule has 5 nitrogen and oxygen atoms in total. The zero-order valence-corrected chi connectivity index (χ0v) is 8.27. The van der Waals surface area contributed by atoms with Crippen LogP contribution in [0.1, 0.15) is 13.3 Å². The Balaban J connectivity index is 2.40. The number of aliphatic hydroxyl groups excluding tert-OH is 2. The fraction of sp³-hybridized carbons (Fsp3) is 0.889. The molecule has 1 rings (SSSR count). The molecule has 2 atom stereocenters. The number of carbonyl (C=O) groups excluding carboxylic acids is 1. The van der Waals surface area contributed by atoms with E-state index >= 15 is 0 Å². The first kappa shape index (κ1) is 11.4. The molecule has 0 aromatic carbocycles. The third-order valence-electron chi connectivity index (χ3n) is 2.50. The molecule has 0 bridgehead atoms. The predicted molar refractivity (Wildman–Crippen MR) is 49.6 cm³/mol. The summed E-state index contributed by atoms with van der Waals surface area (Å²) < 4.78 is 5.25. The summed E-state index contributed by atoms with van der Waals surface area (Å²) in [4.78, 5) is 11.6. The van der Waals surface area contributed by atoms with Crippen LogP contribution in [0.4, 0.5) is 0 Å². The van der Waals surface area contributed by atoms with Crippen molar-refractivity contribution < 1.29 is 19.7 Å². The summed E-state index contributed by atoms with van der Waals surface area (Å²) in [6, 6.07) is -0.560. The van der Waals surface area contributed by atoms with Gasteiger partial charge < -0.3 is 20.3 Å². The van der Waals surface area contributed by atoms with Gasteiger partial charge in [0.05, 0.1) is 31.3 Å². The number of nitrogens with one attached hydrogen (secondary N) is 1. The van der Waals surface area contributed by atoms with Crippen LogP contribution in [-0.2, 0) is 9.53 Å². The average molecular weight is 203 g/mol. The number of ether oxygens (including phenoxy) is 1. The monoisotopic (exact) mass is 203 g/mol. The van der Waals surface area contributed by atoms with Crippen molar-refractivity contribution in [2.24, 2.45) is 5.92 Å². The number of hydrogen-bond acceptors (Lipinski definition) is 4. The number of hydrogen-bond donors (Lipinski definition) is 3. The fourth-order valence-corrected chi connectivity index (χ4v) is 1.53. The second-order valence-electron chi connectivity index (χ2n) is 3.54. The van der Waals surface area contributed by atoms with Gasteiger partial charge in [-0.05, 0) is 13.3 Å². The third kappa shape index (κ3) is 2.67. The van der Waals surface area contributed by atoms with Gasteiger partial charge in [0.25, 0.3) is 0 Å². The zero-order valence-electron chi connectivity index (χ0n) is 8.27. The van der Waals surface area contributed by atoms with Crippen molar-refractivity contribution in [3.05, 3.63) is 0 Å². The molecule has 1 aliphatic heterocycles. The fourth-order valence-electron chi connectivity index (χ4n) is 1.53. The van der Waals surface area contributed by atoms with E-state index in [-0.39, 0.29) is 31.1 Å². The molecule has 5 heteroatoms. The number of amides is 1. The average Bonchev–Trinajstić information content (AvgIpc) is 2.60. The first-order valence-corrected chi connectivity index (χ1v) is 4.82. The third-order valence-corrected chi connectivity index (χ3v) is 2.50. The highest BCUT2D eigenvalue weighted by Crippen LogP contribution is 2.20. The highest BCUT2D eigenvalue weighted by Gasteiger charge is 2.31. The van der Waals surface area contributed by atoms with Gasteiger partial charge in [0.15, 0.2) is 0 Å². The molecule has 14 heavy (non-hydrogen) atoms. The van der Waals surface area contributed by atoms with E-state index in [1.54, 1.807) is 0 Å². The number of carbonyl (C=O) groups is 1. The molecule has 1 amide bonds. The van der Waals surface area contributed by atoms with Crippen molar-refractivity contribution in [2.75, 3.05) is 19.8 Å². The molecular weight excluding hydrogens is 186 g/mol. The molecule has 1 heterocycles. The van der Waals surface area contributed by atoms with E-state index in [0.29, 0.717) is 13.0 Å². The lowest BCUT2D eigenvalue weighted by molar-refractivity contribution is -0.127. The molecular formula is C9H17NO4. The van der Waals surface area contributed by atoms with Gasteiger partial charge >= 0.3 is 0 Å². The lowest BCUT2D eigenvalue weighted by Gasteiger charge is -2.18. The maximum Gasteiger partial charge on any atom is 0.226 e. The maximum atomic E-state index is 11.6. The van der Waals surface area contributed by atoms with Crippen molar-refractivity contribution in [3.63, 3.8) is 0 Å². The van der Waals surface area contributed by atoms with Crippen molar-refractivity contribution in [1.82, 2.24) is 5.32 Å². The minimum absolute atomic E-state index is 0.0759. The normalized spacial score (nSPS) is 26.9. The van der Waals surface area contributed by atoms with Crippen molar-refractivity contribution in [2.45, 2.75) is 25.5 Å². The summed E-state index contributed by atoms with van der Waals surface area (Å²) in [6.07, 6.45) is 0.629. The zero-order chi connectivity index (χ0) is 10.6. The predicted octanol–water partition coefficient (Wildman–Crippen LogP) is -1.12. The number of rotatable bonds is 4. The van der Waals surface area contributed by atoms with Crippen LogP contribution < -0.4 is 5.32 Å². The van der Waals surface area contributed by atoms with Gasteiger partial charge in [-0.25, -0.2) is 0 Å². The maximum absolute atomic E-state index is 11.6. The van der Waals surface area contributed by atoms with Crippen LogP contribution in [0.2, 0.25) is 0 Å². The van der Waals surface area contributed by atoms with Crippen molar-refractivity contribution in [3.8, 4) is 0 Å². The summed E-state index contributed by atoms with van der Waals surface area (Å²) in [5, 5.41) is 20.1. The van der Waals surface area contributed by atoms with Crippen LogP contribution in [0.5, 0.6) is 0 Å². The van der Waals surface area contributed by atoms with Gasteiger partial charge in [0.1, 0.15) is 0 Å². The second-order valence-corrected chi connectivity index (χ2v) is 3.54. The van der Waals surface area contributed by atoms with Crippen LogP contribution in [0, 0.1) is 5.92 Å². The molecule has 0 aromatic heterocycles. The Morgan fingerprint density at radius 2 is 2.21 bits per heavy atom. The lowest BCUT2D eigenvalue weighted by atomic mass is 10.0. The Morgan fingerprint density at radius 1 is 1.57 bits per heavy atom. The molecule has 0 aromatic rings. The molecule has 0 spiro atoms. The topological polar surface area (TPSA) is 78.8 Å².